The molecule has 0 aromatic heterocycles. The molecule has 1 heterocycles. The molecule has 2 aliphatic rings. The second-order valence-corrected chi connectivity index (χ2v) is 5.30. The lowest BCUT2D eigenvalue weighted by atomic mass is 9.93. The summed E-state index contributed by atoms with van der Waals surface area (Å²) in [5.74, 6) is 0. The van der Waals surface area contributed by atoms with Crippen molar-refractivity contribution in [3.05, 3.63) is 23.8 Å². The molecule has 0 bridgehead atoms. The van der Waals surface area contributed by atoms with E-state index in [1.807, 2.05) is 0 Å². The van der Waals surface area contributed by atoms with Crippen LogP contribution in [0.25, 0.3) is 0 Å². The normalized spacial score (nSPS) is 25.5. The van der Waals surface area contributed by atoms with E-state index in [9.17, 15) is 0 Å². The monoisotopic (exact) mass is 221 g/mol. The molecule has 0 aromatic rings. The largest absolute Gasteiger partial charge is 0.371 e. The van der Waals surface area contributed by atoms with Gasteiger partial charge in [-0.15, -0.1) is 0 Å². The third-order valence-electron chi connectivity index (χ3n) is 3.70. The molecule has 0 atom stereocenters. The zero-order chi connectivity index (χ0) is 11.4. The highest BCUT2D eigenvalue weighted by atomic mass is 16.5. The van der Waals surface area contributed by atoms with E-state index < -0.39 is 0 Å². The second kappa shape index (κ2) is 5.15. The van der Waals surface area contributed by atoms with Gasteiger partial charge in [0.2, 0.25) is 0 Å². The Balaban J connectivity index is 1.80. The molecule has 0 aromatic carbocycles. The van der Waals surface area contributed by atoms with Crippen LogP contribution in [0.1, 0.15) is 32.6 Å². The Hall–Kier alpha value is -0.600. The molecule has 0 amide bonds. The van der Waals surface area contributed by atoms with Gasteiger partial charge in [0.1, 0.15) is 0 Å². The van der Waals surface area contributed by atoms with Crippen molar-refractivity contribution in [1.82, 2.24) is 4.90 Å². The van der Waals surface area contributed by atoms with Gasteiger partial charge in [0.25, 0.3) is 0 Å². The summed E-state index contributed by atoms with van der Waals surface area (Å²) < 4.78 is 6.11. The molecular weight excluding hydrogens is 198 g/mol. The highest BCUT2D eigenvalue weighted by Crippen LogP contribution is 2.26. The molecule has 2 rings (SSSR count). The third kappa shape index (κ3) is 3.19. The fraction of sp³-hybridized carbons (Fsp3) is 0.714. The first-order chi connectivity index (χ1) is 7.68. The van der Waals surface area contributed by atoms with Gasteiger partial charge in [-0.1, -0.05) is 18.2 Å². The van der Waals surface area contributed by atoms with E-state index in [1.54, 1.807) is 0 Å². The van der Waals surface area contributed by atoms with Crippen molar-refractivity contribution in [2.45, 2.75) is 38.2 Å². The zero-order valence-electron chi connectivity index (χ0n) is 10.5. The van der Waals surface area contributed by atoms with Crippen molar-refractivity contribution >= 4 is 0 Å². The standard InChI is InChI=1S/C14H23NO/c1-14(8-10-15(2)11-9-14)16-12-13-6-4-3-5-7-13/h4,6-7H,3,5,8-12H2,1-2H3. The van der Waals surface area contributed by atoms with Crippen LogP contribution < -0.4 is 0 Å². The molecule has 0 radical (unpaired) electrons. The van der Waals surface area contributed by atoms with Gasteiger partial charge in [-0.25, -0.2) is 0 Å². The van der Waals surface area contributed by atoms with E-state index in [0.717, 1.165) is 32.5 Å². The summed E-state index contributed by atoms with van der Waals surface area (Å²) >= 11 is 0. The smallest absolute Gasteiger partial charge is 0.0721 e. The minimum absolute atomic E-state index is 0.0959. The van der Waals surface area contributed by atoms with Gasteiger partial charge >= 0.3 is 0 Å². The lowest BCUT2D eigenvalue weighted by molar-refractivity contribution is -0.0574. The van der Waals surface area contributed by atoms with Crippen LogP contribution in [-0.4, -0.2) is 37.2 Å². The Kier molecular flexibility index (Phi) is 3.82. The Morgan fingerprint density at radius 1 is 1.31 bits per heavy atom. The lowest BCUT2D eigenvalue weighted by Gasteiger charge is -2.38. The van der Waals surface area contributed by atoms with Crippen molar-refractivity contribution in [3.8, 4) is 0 Å². The van der Waals surface area contributed by atoms with Gasteiger partial charge in [0.05, 0.1) is 12.2 Å². The van der Waals surface area contributed by atoms with Crippen molar-refractivity contribution in [2.24, 2.45) is 0 Å². The molecule has 0 saturated carbocycles. The molecule has 16 heavy (non-hydrogen) atoms. The first kappa shape index (κ1) is 11.9. The van der Waals surface area contributed by atoms with E-state index in [2.05, 4.69) is 37.1 Å². The predicted octanol–water partition coefficient (Wildman–Crippen LogP) is 2.76. The van der Waals surface area contributed by atoms with Crippen LogP contribution in [0.5, 0.6) is 0 Å². The lowest BCUT2D eigenvalue weighted by Crippen LogP contribution is -2.42. The molecule has 0 unspecified atom stereocenters. The van der Waals surface area contributed by atoms with Gasteiger partial charge in [-0.05, 0) is 45.2 Å². The molecule has 0 spiro atoms. The Morgan fingerprint density at radius 2 is 2.06 bits per heavy atom. The number of ether oxygens (including phenoxy) is 1. The van der Waals surface area contributed by atoms with Crippen molar-refractivity contribution in [3.63, 3.8) is 0 Å². The second-order valence-electron chi connectivity index (χ2n) is 5.30. The summed E-state index contributed by atoms with van der Waals surface area (Å²) in [6.07, 6.45) is 11.4. The summed E-state index contributed by atoms with van der Waals surface area (Å²) in [7, 11) is 2.19. The number of likely N-dealkylation sites (tertiary alicyclic amines) is 1. The number of allylic oxidation sites excluding steroid dienone is 2. The topological polar surface area (TPSA) is 12.5 Å². The van der Waals surface area contributed by atoms with Gasteiger partial charge in [0.15, 0.2) is 0 Å². The van der Waals surface area contributed by atoms with Crippen LogP contribution in [0.2, 0.25) is 0 Å². The maximum absolute atomic E-state index is 6.11. The van der Waals surface area contributed by atoms with Crippen molar-refractivity contribution < 1.29 is 4.74 Å². The fourth-order valence-electron chi connectivity index (χ4n) is 2.27. The minimum Gasteiger partial charge on any atom is -0.371 e. The van der Waals surface area contributed by atoms with Crippen LogP contribution in [0.4, 0.5) is 0 Å². The highest BCUT2D eigenvalue weighted by molar-refractivity contribution is 5.22. The predicted molar refractivity (Wildman–Crippen MR) is 67.5 cm³/mol. The summed E-state index contributed by atoms with van der Waals surface area (Å²) in [6, 6.07) is 0. The molecule has 1 saturated heterocycles. The number of piperidine rings is 1. The molecule has 1 fully saturated rings. The SMILES string of the molecule is CN1CCC(C)(OCC2=CCCC=C2)CC1. The van der Waals surface area contributed by atoms with Gasteiger partial charge < -0.3 is 9.64 Å². The maximum atomic E-state index is 6.11. The van der Waals surface area contributed by atoms with Crippen molar-refractivity contribution in [2.75, 3.05) is 26.7 Å². The van der Waals surface area contributed by atoms with Crippen LogP contribution in [-0.2, 0) is 4.74 Å². The van der Waals surface area contributed by atoms with Crippen LogP contribution in [0.3, 0.4) is 0 Å². The maximum Gasteiger partial charge on any atom is 0.0721 e. The van der Waals surface area contributed by atoms with E-state index in [1.165, 1.54) is 18.4 Å². The average Bonchev–Trinajstić information content (AvgIpc) is 2.33. The number of nitrogens with zero attached hydrogens (tertiary/aromatic N) is 1. The quantitative estimate of drug-likeness (QED) is 0.726. The Bertz CT molecular complexity index is 285. The van der Waals surface area contributed by atoms with Gasteiger partial charge in [-0.3, -0.25) is 0 Å². The Morgan fingerprint density at radius 3 is 2.69 bits per heavy atom. The molecule has 1 aliphatic carbocycles. The molecule has 90 valence electrons. The zero-order valence-corrected chi connectivity index (χ0v) is 10.5. The molecule has 0 N–H and O–H groups in total. The van der Waals surface area contributed by atoms with Crippen LogP contribution in [0, 0.1) is 0 Å². The summed E-state index contributed by atoms with van der Waals surface area (Å²) in [6.45, 7) is 5.36. The first-order valence-corrected chi connectivity index (χ1v) is 6.36. The van der Waals surface area contributed by atoms with Crippen molar-refractivity contribution in [1.29, 1.82) is 0 Å². The van der Waals surface area contributed by atoms with Crippen LogP contribution in [0.15, 0.2) is 23.8 Å². The molecule has 2 nitrogen and oxygen atoms in total. The number of rotatable bonds is 3. The number of hydrogen-bond donors (Lipinski definition) is 0. The van der Waals surface area contributed by atoms with Gasteiger partial charge in [0, 0.05) is 13.1 Å². The average molecular weight is 221 g/mol. The fourth-order valence-corrected chi connectivity index (χ4v) is 2.27. The first-order valence-electron chi connectivity index (χ1n) is 6.36. The summed E-state index contributed by atoms with van der Waals surface area (Å²) in [5, 5.41) is 0. The molecule has 2 heteroatoms. The summed E-state index contributed by atoms with van der Waals surface area (Å²) in [5.41, 5.74) is 1.45. The Labute approximate surface area is 99.0 Å². The van der Waals surface area contributed by atoms with E-state index in [4.69, 9.17) is 4.74 Å². The third-order valence-corrected chi connectivity index (χ3v) is 3.70. The van der Waals surface area contributed by atoms with Gasteiger partial charge in [-0.2, -0.15) is 0 Å². The van der Waals surface area contributed by atoms with E-state index >= 15 is 0 Å². The van der Waals surface area contributed by atoms with E-state index in [0.29, 0.717) is 0 Å². The summed E-state index contributed by atoms with van der Waals surface area (Å²) in [4.78, 5) is 2.38. The van der Waals surface area contributed by atoms with Crippen LogP contribution >= 0.6 is 0 Å². The van der Waals surface area contributed by atoms with E-state index in [-0.39, 0.29) is 5.60 Å². The highest BCUT2D eigenvalue weighted by Gasteiger charge is 2.29. The minimum atomic E-state index is 0.0959. The molecular formula is C14H23NO. The number of hydrogen-bond acceptors (Lipinski definition) is 2. The molecule has 1 aliphatic heterocycles.